The molecule has 19 heavy (non-hydrogen) atoms. The molecule has 2 rings (SSSR count). The van der Waals surface area contributed by atoms with Crippen LogP contribution < -0.4 is 4.74 Å². The first kappa shape index (κ1) is 13.2. The molecule has 0 unspecified atom stereocenters. The quantitative estimate of drug-likeness (QED) is 0.491. The molecule has 1 heterocycles. The molecular weight excluding hydrogens is 275 g/mol. The largest absolute Gasteiger partial charge is 0.496 e. The van der Waals surface area contributed by atoms with Crippen LogP contribution in [0.5, 0.6) is 5.75 Å². The van der Waals surface area contributed by atoms with Crippen molar-refractivity contribution < 1.29 is 14.1 Å². The molecule has 0 bridgehead atoms. The highest BCUT2D eigenvalue weighted by molar-refractivity contribution is 6.31. The Hall–Kier alpha value is -2.21. The zero-order valence-electron chi connectivity index (χ0n) is 9.76. The summed E-state index contributed by atoms with van der Waals surface area (Å²) in [4.78, 5) is 13.4. The third-order valence-corrected chi connectivity index (χ3v) is 2.72. The van der Waals surface area contributed by atoms with E-state index in [1.807, 2.05) is 0 Å². The van der Waals surface area contributed by atoms with E-state index in [0.29, 0.717) is 16.3 Å². The number of rotatable bonds is 3. The van der Waals surface area contributed by atoms with E-state index in [0.717, 1.165) is 12.3 Å². The molecule has 0 saturated carbocycles. The summed E-state index contributed by atoms with van der Waals surface area (Å²) in [5.74, 6) is -0.475. The molecule has 0 amide bonds. The molecule has 0 radical (unpaired) electrons. The molecular formula is C12H8ClFN2O3. The minimum Gasteiger partial charge on any atom is -0.496 e. The van der Waals surface area contributed by atoms with E-state index >= 15 is 0 Å². The molecule has 0 atom stereocenters. The van der Waals surface area contributed by atoms with Crippen molar-refractivity contribution in [1.82, 2.24) is 4.98 Å². The van der Waals surface area contributed by atoms with E-state index in [1.54, 1.807) is 12.1 Å². The zero-order chi connectivity index (χ0) is 14.0. The lowest BCUT2D eigenvalue weighted by Crippen LogP contribution is -1.96. The highest BCUT2D eigenvalue weighted by atomic mass is 35.5. The van der Waals surface area contributed by atoms with Crippen molar-refractivity contribution in [3.63, 3.8) is 0 Å². The summed E-state index contributed by atoms with van der Waals surface area (Å²) in [6.07, 6.45) is 0.857. The third kappa shape index (κ3) is 2.63. The van der Waals surface area contributed by atoms with Crippen LogP contribution in [0.25, 0.3) is 11.1 Å². The molecule has 1 aromatic carbocycles. The molecule has 0 N–H and O–H groups in total. The fourth-order valence-electron chi connectivity index (χ4n) is 1.62. The minimum atomic E-state index is -0.828. The van der Waals surface area contributed by atoms with Crippen LogP contribution in [0.2, 0.25) is 5.02 Å². The maximum Gasteiger partial charge on any atom is 0.288 e. The van der Waals surface area contributed by atoms with Crippen LogP contribution in [0.15, 0.2) is 30.5 Å². The summed E-state index contributed by atoms with van der Waals surface area (Å²) in [5.41, 5.74) is -0.0318. The van der Waals surface area contributed by atoms with E-state index in [2.05, 4.69) is 4.98 Å². The highest BCUT2D eigenvalue weighted by Crippen LogP contribution is 2.34. The predicted octanol–water partition coefficient (Wildman–Crippen LogP) is 3.46. The van der Waals surface area contributed by atoms with Crippen LogP contribution >= 0.6 is 11.6 Å². The Labute approximate surface area is 112 Å². The van der Waals surface area contributed by atoms with Crippen molar-refractivity contribution in [2.45, 2.75) is 0 Å². The Balaban J connectivity index is 2.67. The second-order valence-corrected chi connectivity index (χ2v) is 4.07. The molecule has 2 aromatic rings. The van der Waals surface area contributed by atoms with Gasteiger partial charge in [0.1, 0.15) is 11.9 Å². The maximum absolute atomic E-state index is 13.7. The van der Waals surface area contributed by atoms with Crippen LogP contribution in [-0.4, -0.2) is 17.0 Å². The van der Waals surface area contributed by atoms with Gasteiger partial charge in [0.25, 0.3) is 5.69 Å². The Morgan fingerprint density at radius 3 is 2.74 bits per heavy atom. The van der Waals surface area contributed by atoms with Crippen molar-refractivity contribution in [3.05, 3.63) is 51.5 Å². The fourth-order valence-corrected chi connectivity index (χ4v) is 1.79. The van der Waals surface area contributed by atoms with Crippen molar-refractivity contribution in [2.75, 3.05) is 7.11 Å². The number of ether oxygens (including phenoxy) is 1. The molecule has 98 valence electrons. The number of pyridine rings is 1. The Morgan fingerprint density at radius 2 is 2.11 bits per heavy atom. The van der Waals surface area contributed by atoms with Gasteiger partial charge in [-0.15, -0.1) is 0 Å². The van der Waals surface area contributed by atoms with Gasteiger partial charge in [0.05, 0.1) is 12.0 Å². The number of halogens is 2. The van der Waals surface area contributed by atoms with Crippen LogP contribution in [0.3, 0.4) is 0 Å². The Morgan fingerprint density at radius 1 is 1.37 bits per heavy atom. The lowest BCUT2D eigenvalue weighted by atomic mass is 10.1. The van der Waals surface area contributed by atoms with Gasteiger partial charge >= 0.3 is 0 Å². The van der Waals surface area contributed by atoms with E-state index in [-0.39, 0.29) is 11.3 Å². The van der Waals surface area contributed by atoms with Gasteiger partial charge in [0.15, 0.2) is 0 Å². The highest BCUT2D eigenvalue weighted by Gasteiger charge is 2.17. The lowest BCUT2D eigenvalue weighted by molar-refractivity contribution is -0.385. The third-order valence-electron chi connectivity index (χ3n) is 2.49. The first-order valence-corrected chi connectivity index (χ1v) is 5.54. The first-order valence-electron chi connectivity index (χ1n) is 5.16. The number of benzene rings is 1. The van der Waals surface area contributed by atoms with Crippen molar-refractivity contribution in [1.29, 1.82) is 0 Å². The van der Waals surface area contributed by atoms with Gasteiger partial charge in [-0.1, -0.05) is 11.6 Å². The van der Waals surface area contributed by atoms with Gasteiger partial charge in [-0.3, -0.25) is 10.1 Å². The smallest absolute Gasteiger partial charge is 0.288 e. The molecule has 0 aliphatic heterocycles. The van der Waals surface area contributed by atoms with E-state index in [9.17, 15) is 14.5 Å². The average molecular weight is 283 g/mol. The van der Waals surface area contributed by atoms with Crippen LogP contribution in [0.4, 0.5) is 10.1 Å². The lowest BCUT2D eigenvalue weighted by Gasteiger charge is -2.09. The number of hydrogen-bond donors (Lipinski definition) is 0. The molecule has 7 heteroatoms. The minimum absolute atomic E-state index is 0.0337. The summed E-state index contributed by atoms with van der Waals surface area (Å²) >= 11 is 5.85. The van der Waals surface area contributed by atoms with Crippen molar-refractivity contribution in [2.24, 2.45) is 0 Å². The maximum atomic E-state index is 13.7. The van der Waals surface area contributed by atoms with Gasteiger partial charge in [0, 0.05) is 22.2 Å². The van der Waals surface area contributed by atoms with Crippen LogP contribution in [0.1, 0.15) is 0 Å². The summed E-state index contributed by atoms with van der Waals surface area (Å²) in [6, 6.07) is 5.68. The summed E-state index contributed by atoms with van der Waals surface area (Å²) in [5, 5.41) is 11.1. The molecule has 0 saturated heterocycles. The summed E-state index contributed by atoms with van der Waals surface area (Å²) in [6.45, 7) is 0. The fraction of sp³-hybridized carbons (Fsp3) is 0.0833. The first-order chi connectivity index (χ1) is 9.02. The molecule has 0 spiro atoms. The van der Waals surface area contributed by atoms with Crippen LogP contribution in [-0.2, 0) is 0 Å². The summed E-state index contributed by atoms with van der Waals surface area (Å²) < 4.78 is 18.8. The number of aromatic nitrogens is 1. The SMILES string of the molecule is COc1ccc(Cl)cc1-c1cc([N+](=O)[O-])cnc1F. The van der Waals surface area contributed by atoms with Gasteiger partial charge in [-0.05, 0) is 18.2 Å². The Kier molecular flexibility index (Phi) is 3.62. The Bertz CT molecular complexity index is 649. The monoisotopic (exact) mass is 282 g/mol. The van der Waals surface area contributed by atoms with Gasteiger partial charge in [-0.2, -0.15) is 4.39 Å². The standard InChI is InChI=1S/C12H8ClFN2O3/c1-19-11-3-2-7(13)4-9(11)10-5-8(16(17)18)6-15-12(10)14/h2-6H,1H3. The number of nitrogens with zero attached hydrogens (tertiary/aromatic N) is 2. The van der Waals surface area contributed by atoms with E-state index < -0.39 is 10.9 Å². The molecule has 0 aliphatic carbocycles. The zero-order valence-corrected chi connectivity index (χ0v) is 10.5. The molecule has 5 nitrogen and oxygen atoms in total. The predicted molar refractivity (Wildman–Crippen MR) is 67.8 cm³/mol. The van der Waals surface area contributed by atoms with Crippen molar-refractivity contribution >= 4 is 17.3 Å². The van der Waals surface area contributed by atoms with Crippen LogP contribution in [0, 0.1) is 16.1 Å². The normalized spacial score (nSPS) is 10.3. The van der Waals surface area contributed by atoms with E-state index in [1.165, 1.54) is 13.2 Å². The average Bonchev–Trinajstić information content (AvgIpc) is 2.39. The van der Waals surface area contributed by atoms with E-state index in [4.69, 9.17) is 16.3 Å². The second-order valence-electron chi connectivity index (χ2n) is 3.63. The number of methoxy groups -OCH3 is 1. The molecule has 0 aliphatic rings. The topological polar surface area (TPSA) is 65.3 Å². The number of hydrogen-bond acceptors (Lipinski definition) is 4. The van der Waals surface area contributed by atoms with Gasteiger partial charge in [0.2, 0.25) is 5.95 Å². The number of nitro groups is 1. The second kappa shape index (κ2) is 5.19. The van der Waals surface area contributed by atoms with Gasteiger partial charge < -0.3 is 4.74 Å². The molecule has 0 fully saturated rings. The van der Waals surface area contributed by atoms with Crippen molar-refractivity contribution in [3.8, 4) is 16.9 Å². The summed E-state index contributed by atoms with van der Waals surface area (Å²) in [7, 11) is 1.41. The molecule has 1 aromatic heterocycles. The van der Waals surface area contributed by atoms with Gasteiger partial charge in [-0.25, -0.2) is 4.98 Å².